The number of hydrogen-bond donors (Lipinski definition) is 1. The minimum atomic E-state index is -0.610. The summed E-state index contributed by atoms with van der Waals surface area (Å²) in [5, 5.41) is 9.37. The van der Waals surface area contributed by atoms with E-state index in [0.717, 1.165) is 11.1 Å². The van der Waals surface area contributed by atoms with Gasteiger partial charge in [0.2, 0.25) is 5.91 Å². The van der Waals surface area contributed by atoms with E-state index in [2.05, 4.69) is 15.3 Å². The Morgan fingerprint density at radius 3 is 2.64 bits per heavy atom. The van der Waals surface area contributed by atoms with E-state index in [9.17, 15) is 9.18 Å². The molecule has 2 N–H and O–H groups in total. The molecule has 0 fully saturated rings. The fourth-order valence-electron chi connectivity index (χ4n) is 3.62. The van der Waals surface area contributed by atoms with Gasteiger partial charge in [0.1, 0.15) is 11.4 Å². The number of rotatable bonds is 5. The number of nitrogens with zero attached hydrogens (tertiary/aromatic N) is 5. The third-order valence-electron chi connectivity index (χ3n) is 5.14. The Balaban J connectivity index is 1.59. The van der Waals surface area contributed by atoms with E-state index in [1.165, 1.54) is 6.07 Å². The van der Waals surface area contributed by atoms with Gasteiger partial charge in [-0.2, -0.15) is 0 Å². The predicted molar refractivity (Wildman–Crippen MR) is 124 cm³/mol. The molecule has 5 aromatic rings. The molecule has 3 heterocycles. The Morgan fingerprint density at radius 2 is 1.88 bits per heavy atom. The van der Waals surface area contributed by atoms with Crippen LogP contribution in [0.3, 0.4) is 0 Å². The van der Waals surface area contributed by atoms with E-state index >= 15 is 0 Å². The van der Waals surface area contributed by atoms with E-state index in [1.54, 1.807) is 57.9 Å². The molecule has 0 unspecified atom stereocenters. The number of amides is 1. The van der Waals surface area contributed by atoms with Gasteiger partial charge in [0.05, 0.1) is 29.0 Å². The van der Waals surface area contributed by atoms with Crippen LogP contribution in [0.25, 0.3) is 28.3 Å². The Labute approximate surface area is 197 Å². The smallest absolute Gasteiger partial charge is 0.250 e. The first kappa shape index (κ1) is 21.1. The topological polar surface area (TPSA) is 91.1 Å². The molecule has 33 heavy (non-hydrogen) atoms. The molecule has 0 radical (unpaired) electrons. The number of nitrogens with two attached hydrogens (primary N) is 1. The van der Waals surface area contributed by atoms with E-state index in [0.29, 0.717) is 28.6 Å². The summed E-state index contributed by atoms with van der Waals surface area (Å²) in [5.41, 5.74) is 8.96. The third kappa shape index (κ3) is 3.94. The van der Waals surface area contributed by atoms with Gasteiger partial charge in [-0.05, 0) is 42.0 Å². The normalized spacial score (nSPS) is 11.2. The second kappa shape index (κ2) is 8.31. The first-order valence-corrected chi connectivity index (χ1v) is 10.6. The molecule has 5 rings (SSSR count). The van der Waals surface area contributed by atoms with Crippen LogP contribution in [0.2, 0.25) is 10.0 Å². The highest BCUT2D eigenvalue weighted by molar-refractivity contribution is 6.33. The highest BCUT2D eigenvalue weighted by atomic mass is 35.5. The van der Waals surface area contributed by atoms with Crippen molar-refractivity contribution in [2.45, 2.75) is 6.54 Å². The molecule has 0 aliphatic rings. The first-order chi connectivity index (χ1) is 15.9. The second-order valence-electron chi connectivity index (χ2n) is 7.35. The standard InChI is InChI=1S/C23H15Cl2FN6O/c24-15-6-4-14(5-7-15)20-21(32-9-1-2-18(26)23(32)28-20)19-12-31(30-29-19)11-13-3-8-17(25)16(10-13)22(27)33/h1-10,12H,11H2,(H2,27,33). The van der Waals surface area contributed by atoms with E-state index in [-0.39, 0.29) is 16.2 Å². The maximum Gasteiger partial charge on any atom is 0.250 e. The van der Waals surface area contributed by atoms with E-state index in [1.807, 2.05) is 12.1 Å². The number of halogens is 3. The van der Waals surface area contributed by atoms with Crippen LogP contribution in [-0.4, -0.2) is 30.3 Å². The van der Waals surface area contributed by atoms with Crippen molar-refractivity contribution in [3.63, 3.8) is 0 Å². The average Bonchev–Trinajstić information content (AvgIpc) is 3.40. The molecule has 3 aromatic heterocycles. The van der Waals surface area contributed by atoms with Gasteiger partial charge in [0, 0.05) is 16.8 Å². The summed E-state index contributed by atoms with van der Waals surface area (Å²) in [4.78, 5) is 16.1. The molecule has 164 valence electrons. The van der Waals surface area contributed by atoms with Crippen LogP contribution in [-0.2, 0) is 6.54 Å². The summed E-state index contributed by atoms with van der Waals surface area (Å²) in [6.07, 6.45) is 3.45. The van der Waals surface area contributed by atoms with Crippen molar-refractivity contribution in [1.29, 1.82) is 0 Å². The fraction of sp³-hybridized carbons (Fsp3) is 0.0435. The lowest BCUT2D eigenvalue weighted by molar-refractivity contribution is 0.100. The van der Waals surface area contributed by atoms with Gasteiger partial charge in [-0.25, -0.2) is 14.1 Å². The summed E-state index contributed by atoms with van der Waals surface area (Å²) >= 11 is 12.1. The Hall–Kier alpha value is -3.75. The van der Waals surface area contributed by atoms with E-state index < -0.39 is 11.7 Å². The number of fused-ring (bicyclic) bond motifs is 1. The van der Waals surface area contributed by atoms with Crippen LogP contribution < -0.4 is 5.73 Å². The number of carbonyl (C=O) groups is 1. The summed E-state index contributed by atoms with van der Waals surface area (Å²) in [5.74, 6) is -1.06. The monoisotopic (exact) mass is 480 g/mol. The molecule has 7 nitrogen and oxygen atoms in total. The number of aromatic nitrogens is 5. The van der Waals surface area contributed by atoms with Gasteiger partial charge in [-0.1, -0.05) is 46.6 Å². The largest absolute Gasteiger partial charge is 0.366 e. The molecule has 1 amide bonds. The van der Waals surface area contributed by atoms with Gasteiger partial charge in [0.25, 0.3) is 0 Å². The lowest BCUT2D eigenvalue weighted by Crippen LogP contribution is -2.12. The van der Waals surface area contributed by atoms with Crippen molar-refractivity contribution < 1.29 is 9.18 Å². The highest BCUT2D eigenvalue weighted by Crippen LogP contribution is 2.33. The molecule has 10 heteroatoms. The van der Waals surface area contributed by atoms with Crippen LogP contribution in [0, 0.1) is 5.82 Å². The van der Waals surface area contributed by atoms with Gasteiger partial charge in [0.15, 0.2) is 11.5 Å². The minimum absolute atomic E-state index is 0.177. The van der Waals surface area contributed by atoms with Crippen LogP contribution >= 0.6 is 23.2 Å². The Kier molecular flexibility index (Phi) is 5.32. The summed E-state index contributed by atoms with van der Waals surface area (Å²) in [6, 6.07) is 15.1. The molecule has 2 aromatic carbocycles. The average molecular weight is 481 g/mol. The van der Waals surface area contributed by atoms with Crippen molar-refractivity contribution in [2.24, 2.45) is 5.73 Å². The lowest BCUT2D eigenvalue weighted by Gasteiger charge is -2.05. The van der Waals surface area contributed by atoms with Gasteiger partial charge in [-0.3, -0.25) is 9.20 Å². The maximum absolute atomic E-state index is 14.5. The Bertz CT molecular complexity index is 1510. The zero-order valence-corrected chi connectivity index (χ0v) is 18.4. The lowest BCUT2D eigenvalue weighted by atomic mass is 10.1. The second-order valence-corrected chi connectivity index (χ2v) is 8.19. The molecule has 0 aliphatic carbocycles. The molecule has 0 atom stereocenters. The fourth-order valence-corrected chi connectivity index (χ4v) is 3.96. The molecule has 0 saturated carbocycles. The number of pyridine rings is 1. The quantitative estimate of drug-likeness (QED) is 0.389. The van der Waals surface area contributed by atoms with Crippen LogP contribution in [0.15, 0.2) is 67.0 Å². The molecular weight excluding hydrogens is 466 g/mol. The van der Waals surface area contributed by atoms with Crippen molar-refractivity contribution in [3.8, 4) is 22.6 Å². The summed E-state index contributed by atoms with van der Waals surface area (Å²) < 4.78 is 17.8. The van der Waals surface area contributed by atoms with Gasteiger partial charge >= 0.3 is 0 Å². The SMILES string of the molecule is NC(=O)c1cc(Cn2cc(-c3c(-c4ccc(Cl)cc4)nc4c(F)cccn34)nn2)ccc1Cl. The van der Waals surface area contributed by atoms with Crippen molar-refractivity contribution in [1.82, 2.24) is 24.4 Å². The number of primary amides is 1. The number of carbonyl (C=O) groups excluding carboxylic acids is 1. The van der Waals surface area contributed by atoms with Crippen molar-refractivity contribution in [3.05, 3.63) is 94.0 Å². The van der Waals surface area contributed by atoms with Crippen molar-refractivity contribution in [2.75, 3.05) is 0 Å². The third-order valence-corrected chi connectivity index (χ3v) is 5.72. The molecular formula is C23H15Cl2FN6O. The zero-order valence-electron chi connectivity index (χ0n) is 16.9. The van der Waals surface area contributed by atoms with Crippen molar-refractivity contribution >= 4 is 34.8 Å². The number of hydrogen-bond acceptors (Lipinski definition) is 4. The Morgan fingerprint density at radius 1 is 1.09 bits per heavy atom. The minimum Gasteiger partial charge on any atom is -0.366 e. The maximum atomic E-state index is 14.5. The molecule has 0 aliphatic heterocycles. The van der Waals surface area contributed by atoms with Crippen LogP contribution in [0.4, 0.5) is 4.39 Å². The molecule has 0 bridgehead atoms. The zero-order chi connectivity index (χ0) is 23.1. The molecule has 0 spiro atoms. The van der Waals surface area contributed by atoms with Crippen LogP contribution in [0.5, 0.6) is 0 Å². The van der Waals surface area contributed by atoms with Gasteiger partial charge in [-0.15, -0.1) is 5.10 Å². The first-order valence-electron chi connectivity index (χ1n) is 9.82. The predicted octanol–water partition coefficient (Wildman–Crippen LogP) is 4.85. The summed E-state index contributed by atoms with van der Waals surface area (Å²) in [7, 11) is 0. The number of benzene rings is 2. The van der Waals surface area contributed by atoms with Crippen LogP contribution in [0.1, 0.15) is 15.9 Å². The molecule has 0 saturated heterocycles. The number of imidazole rings is 1. The summed E-state index contributed by atoms with van der Waals surface area (Å²) in [6.45, 7) is 0.325. The van der Waals surface area contributed by atoms with Gasteiger partial charge < -0.3 is 5.73 Å². The highest BCUT2D eigenvalue weighted by Gasteiger charge is 2.20. The van der Waals surface area contributed by atoms with E-state index in [4.69, 9.17) is 28.9 Å².